The van der Waals surface area contributed by atoms with Crippen LogP contribution in [-0.4, -0.2) is 0 Å². The van der Waals surface area contributed by atoms with E-state index in [9.17, 15) is 13.2 Å². The third-order valence-corrected chi connectivity index (χ3v) is 3.22. The average Bonchev–Trinajstić information content (AvgIpc) is 2.46. The van der Waals surface area contributed by atoms with Crippen molar-refractivity contribution in [3.8, 4) is 6.07 Å². The highest BCUT2D eigenvalue weighted by molar-refractivity contribution is 6.33. The van der Waals surface area contributed by atoms with Gasteiger partial charge in [0.1, 0.15) is 0 Å². The molecule has 0 amide bonds. The molecule has 0 aromatic heterocycles. The quantitative estimate of drug-likeness (QED) is 0.880. The first-order valence-corrected chi connectivity index (χ1v) is 6.38. The highest BCUT2D eigenvalue weighted by Gasteiger charge is 2.32. The summed E-state index contributed by atoms with van der Waals surface area (Å²) in [5.74, 6) is 0. The van der Waals surface area contributed by atoms with E-state index in [4.69, 9.17) is 16.9 Å². The summed E-state index contributed by atoms with van der Waals surface area (Å²) in [6.07, 6.45) is -4.41. The molecule has 0 spiro atoms. The fourth-order valence-electron chi connectivity index (χ4n) is 1.87. The van der Waals surface area contributed by atoms with Crippen LogP contribution >= 0.6 is 11.6 Å². The molecular weight excluding hydrogens is 301 g/mol. The van der Waals surface area contributed by atoms with Gasteiger partial charge in [0.2, 0.25) is 0 Å². The van der Waals surface area contributed by atoms with E-state index < -0.39 is 11.7 Å². The van der Waals surface area contributed by atoms with Crippen LogP contribution in [0.4, 0.5) is 18.9 Å². The number of hydrogen-bond donors (Lipinski definition) is 1. The van der Waals surface area contributed by atoms with Gasteiger partial charge in [0, 0.05) is 6.54 Å². The molecule has 108 valence electrons. The van der Waals surface area contributed by atoms with Gasteiger partial charge >= 0.3 is 6.18 Å². The van der Waals surface area contributed by atoms with Gasteiger partial charge in [-0.15, -0.1) is 0 Å². The van der Waals surface area contributed by atoms with Gasteiger partial charge < -0.3 is 5.32 Å². The zero-order chi connectivity index (χ0) is 15.5. The van der Waals surface area contributed by atoms with E-state index in [0.29, 0.717) is 16.3 Å². The number of rotatable bonds is 3. The smallest absolute Gasteiger partial charge is 0.380 e. The third kappa shape index (κ3) is 3.67. The summed E-state index contributed by atoms with van der Waals surface area (Å²) < 4.78 is 38.6. The molecule has 6 heteroatoms. The molecule has 0 heterocycles. The molecule has 21 heavy (non-hydrogen) atoms. The van der Waals surface area contributed by atoms with Crippen LogP contribution in [0.5, 0.6) is 0 Å². The Morgan fingerprint density at radius 2 is 1.86 bits per heavy atom. The molecule has 0 aliphatic heterocycles. The Balaban J connectivity index is 2.24. The molecule has 2 aromatic carbocycles. The Bertz CT molecular complexity index is 690. The predicted molar refractivity (Wildman–Crippen MR) is 74.9 cm³/mol. The van der Waals surface area contributed by atoms with Gasteiger partial charge in [0.25, 0.3) is 0 Å². The summed E-state index contributed by atoms with van der Waals surface area (Å²) >= 11 is 5.95. The molecule has 0 saturated carbocycles. The first kappa shape index (κ1) is 15.2. The summed E-state index contributed by atoms with van der Waals surface area (Å²) in [7, 11) is 0. The monoisotopic (exact) mass is 310 g/mol. The summed E-state index contributed by atoms with van der Waals surface area (Å²) in [4.78, 5) is 0. The summed E-state index contributed by atoms with van der Waals surface area (Å²) in [5.41, 5.74) is 0.229. The molecule has 0 fully saturated rings. The topological polar surface area (TPSA) is 35.8 Å². The fraction of sp³-hybridized carbons (Fsp3) is 0.133. The van der Waals surface area contributed by atoms with Crippen LogP contribution in [0.3, 0.4) is 0 Å². The van der Waals surface area contributed by atoms with E-state index in [0.717, 1.165) is 6.07 Å². The minimum absolute atomic E-state index is 0.0374. The number of anilines is 1. The lowest BCUT2D eigenvalue weighted by Gasteiger charge is -2.14. The third-order valence-electron chi connectivity index (χ3n) is 2.89. The van der Waals surface area contributed by atoms with Gasteiger partial charge in [0.05, 0.1) is 27.9 Å². The molecule has 1 N–H and O–H groups in total. The number of nitrogens with zero attached hydrogens (tertiary/aromatic N) is 1. The molecule has 0 saturated heterocycles. The van der Waals surface area contributed by atoms with Crippen LogP contribution in [0, 0.1) is 11.3 Å². The van der Waals surface area contributed by atoms with Crippen LogP contribution in [0.15, 0.2) is 42.5 Å². The Morgan fingerprint density at radius 3 is 2.52 bits per heavy atom. The summed E-state index contributed by atoms with van der Waals surface area (Å²) in [6, 6.07) is 11.8. The molecule has 0 unspecified atom stereocenters. The summed E-state index contributed by atoms with van der Waals surface area (Å²) in [6.45, 7) is -0.0374. The number of nitriles is 1. The van der Waals surface area contributed by atoms with Crippen molar-refractivity contribution in [3.63, 3.8) is 0 Å². The van der Waals surface area contributed by atoms with E-state index in [1.165, 1.54) is 30.3 Å². The molecule has 0 bridgehead atoms. The minimum Gasteiger partial charge on any atom is -0.380 e. The maximum Gasteiger partial charge on any atom is 0.416 e. The van der Waals surface area contributed by atoms with Crippen molar-refractivity contribution in [2.45, 2.75) is 12.7 Å². The molecule has 0 atom stereocenters. The summed E-state index contributed by atoms with van der Waals surface area (Å²) in [5, 5.41) is 12.0. The molecular formula is C15H10ClF3N2. The Morgan fingerprint density at radius 1 is 1.14 bits per heavy atom. The zero-order valence-corrected chi connectivity index (χ0v) is 11.5. The van der Waals surface area contributed by atoms with Gasteiger partial charge in [-0.1, -0.05) is 29.8 Å². The molecule has 0 aliphatic rings. The van der Waals surface area contributed by atoms with E-state index in [2.05, 4.69) is 5.32 Å². The highest BCUT2D eigenvalue weighted by Crippen LogP contribution is 2.32. The Labute approximate surface area is 124 Å². The largest absolute Gasteiger partial charge is 0.416 e. The number of alkyl halides is 3. The van der Waals surface area contributed by atoms with Gasteiger partial charge in [-0.2, -0.15) is 18.4 Å². The predicted octanol–water partition coefficient (Wildman–Crippen LogP) is 4.84. The van der Waals surface area contributed by atoms with Crippen molar-refractivity contribution < 1.29 is 13.2 Å². The van der Waals surface area contributed by atoms with Crippen LogP contribution in [-0.2, 0) is 12.7 Å². The maximum atomic E-state index is 12.9. The molecule has 2 rings (SSSR count). The normalized spacial score (nSPS) is 11.0. The average molecular weight is 311 g/mol. The van der Waals surface area contributed by atoms with Gasteiger partial charge in [-0.3, -0.25) is 0 Å². The number of nitrogens with one attached hydrogen (secondary N) is 1. The zero-order valence-electron chi connectivity index (χ0n) is 10.7. The lowest BCUT2D eigenvalue weighted by molar-refractivity contribution is -0.138. The van der Waals surface area contributed by atoms with Gasteiger partial charge in [0.15, 0.2) is 0 Å². The number of benzene rings is 2. The lowest BCUT2D eigenvalue weighted by Crippen LogP contribution is -2.11. The molecule has 0 radical (unpaired) electrons. The standard InChI is InChI=1S/C15H10ClF3N2/c16-13-6-5-10(8-20)7-14(13)21-9-11-3-1-2-4-12(11)15(17,18)19/h1-7,21H,9H2. The van der Waals surface area contributed by atoms with Crippen LogP contribution in [0.2, 0.25) is 5.02 Å². The van der Waals surface area contributed by atoms with Crippen LogP contribution in [0.1, 0.15) is 16.7 Å². The van der Waals surface area contributed by atoms with Gasteiger partial charge in [-0.05, 0) is 29.8 Å². The van der Waals surface area contributed by atoms with E-state index >= 15 is 0 Å². The second kappa shape index (κ2) is 6.06. The lowest BCUT2D eigenvalue weighted by atomic mass is 10.1. The molecule has 2 nitrogen and oxygen atoms in total. The van der Waals surface area contributed by atoms with E-state index in [1.54, 1.807) is 6.07 Å². The number of halogens is 4. The SMILES string of the molecule is N#Cc1ccc(Cl)c(NCc2ccccc2C(F)(F)F)c1. The van der Waals surface area contributed by atoms with Crippen LogP contribution in [0.25, 0.3) is 0 Å². The van der Waals surface area contributed by atoms with Crippen molar-refractivity contribution in [2.75, 3.05) is 5.32 Å². The van der Waals surface area contributed by atoms with Crippen molar-refractivity contribution in [1.82, 2.24) is 0 Å². The van der Waals surface area contributed by atoms with Gasteiger partial charge in [-0.25, -0.2) is 0 Å². The molecule has 0 aliphatic carbocycles. The number of hydrogen-bond acceptors (Lipinski definition) is 2. The maximum absolute atomic E-state index is 12.9. The second-order valence-electron chi connectivity index (χ2n) is 4.31. The minimum atomic E-state index is -4.41. The molecule has 2 aromatic rings. The van der Waals surface area contributed by atoms with E-state index in [-0.39, 0.29) is 12.1 Å². The van der Waals surface area contributed by atoms with Crippen molar-refractivity contribution in [2.24, 2.45) is 0 Å². The van der Waals surface area contributed by atoms with Crippen molar-refractivity contribution in [1.29, 1.82) is 5.26 Å². The Kier molecular flexibility index (Phi) is 4.39. The Hall–Kier alpha value is -2.19. The highest BCUT2D eigenvalue weighted by atomic mass is 35.5. The van der Waals surface area contributed by atoms with E-state index in [1.807, 2.05) is 6.07 Å². The second-order valence-corrected chi connectivity index (χ2v) is 4.72. The van der Waals surface area contributed by atoms with Crippen molar-refractivity contribution >= 4 is 17.3 Å². The van der Waals surface area contributed by atoms with Crippen molar-refractivity contribution in [3.05, 3.63) is 64.2 Å². The first-order valence-electron chi connectivity index (χ1n) is 6.00. The first-order chi connectivity index (χ1) is 9.91. The fourth-order valence-corrected chi connectivity index (χ4v) is 2.06. The van der Waals surface area contributed by atoms with Crippen LogP contribution < -0.4 is 5.32 Å².